The Morgan fingerprint density at radius 3 is 2.24 bits per heavy atom. The number of piperidine rings is 1. The minimum atomic E-state index is -5.08. The Morgan fingerprint density at radius 1 is 0.881 bits per heavy atom. The van der Waals surface area contributed by atoms with Crippen LogP contribution in [0.1, 0.15) is 48.4 Å². The molecular formula is C29H23ClF9NO2. The van der Waals surface area contributed by atoms with Gasteiger partial charge in [0.05, 0.1) is 23.2 Å². The fourth-order valence-electron chi connectivity index (χ4n) is 6.12. The van der Waals surface area contributed by atoms with Crippen molar-refractivity contribution >= 4 is 17.7 Å². The van der Waals surface area contributed by atoms with Crippen LogP contribution in [0.3, 0.4) is 0 Å². The highest BCUT2D eigenvalue weighted by molar-refractivity contribution is 6.30. The smallest absolute Gasteiger partial charge is 0.416 e. The summed E-state index contributed by atoms with van der Waals surface area (Å²) in [5, 5.41) is 0.321. The molecule has 0 spiro atoms. The Labute approximate surface area is 239 Å². The van der Waals surface area contributed by atoms with Crippen LogP contribution in [0.25, 0.3) is 11.1 Å². The van der Waals surface area contributed by atoms with E-state index >= 15 is 0 Å². The van der Waals surface area contributed by atoms with Crippen molar-refractivity contribution in [2.24, 2.45) is 5.92 Å². The van der Waals surface area contributed by atoms with Crippen molar-refractivity contribution in [1.29, 1.82) is 0 Å². The molecule has 3 aliphatic rings. The van der Waals surface area contributed by atoms with Crippen molar-refractivity contribution in [3.63, 3.8) is 0 Å². The van der Waals surface area contributed by atoms with Crippen LogP contribution in [-0.2, 0) is 10.9 Å². The number of halogens is 10. The average Bonchev–Trinajstić information content (AvgIpc) is 3.24. The van der Waals surface area contributed by atoms with Crippen LogP contribution in [0.15, 0.2) is 59.7 Å². The summed E-state index contributed by atoms with van der Waals surface area (Å²) in [7, 11) is 0. The number of aryl methyl sites for hydroxylation is 1. The number of hydrogen-bond acceptors (Lipinski definition) is 2. The van der Waals surface area contributed by atoms with Crippen LogP contribution in [-0.4, -0.2) is 35.5 Å². The first kappa shape index (κ1) is 30.3. The number of amides is 1. The van der Waals surface area contributed by atoms with E-state index in [-0.39, 0.29) is 24.5 Å². The van der Waals surface area contributed by atoms with Crippen LogP contribution in [0.2, 0.25) is 5.02 Å². The number of nitrogens with zero attached hydrogens (tertiary/aromatic N) is 1. The summed E-state index contributed by atoms with van der Waals surface area (Å²) < 4.78 is 128. The number of benzene rings is 2. The number of carbonyl (C=O) groups excluding carboxylic acids is 1. The molecule has 226 valence electrons. The Kier molecular flexibility index (Phi) is 7.60. The van der Waals surface area contributed by atoms with Gasteiger partial charge in [0.15, 0.2) is 0 Å². The van der Waals surface area contributed by atoms with Crippen molar-refractivity contribution in [2.75, 3.05) is 0 Å². The SMILES string of the molecule is Cc1ccc(Cl)cc1-c1ccc(C(F)(F)F)cc1C1CCCC2C(C3C=C(C(F)(F)F)C=C(C(F)(F)F)C3)OC(=O)N12. The minimum absolute atomic E-state index is 0.0525. The lowest BCUT2D eigenvalue weighted by Gasteiger charge is -2.39. The van der Waals surface area contributed by atoms with E-state index in [2.05, 4.69) is 0 Å². The topological polar surface area (TPSA) is 29.5 Å². The number of allylic oxidation sites excluding steroid dienone is 3. The fraction of sp³-hybridized carbons (Fsp3) is 0.414. The van der Waals surface area contributed by atoms with Crippen molar-refractivity contribution in [3.8, 4) is 11.1 Å². The molecule has 0 aromatic heterocycles. The Hall–Kier alpha value is -3.15. The van der Waals surface area contributed by atoms with E-state index < -0.39 is 71.9 Å². The van der Waals surface area contributed by atoms with Gasteiger partial charge < -0.3 is 4.74 Å². The van der Waals surface area contributed by atoms with E-state index in [1.165, 1.54) is 11.0 Å². The summed E-state index contributed by atoms with van der Waals surface area (Å²) in [5.74, 6) is -1.45. The number of fused-ring (bicyclic) bond motifs is 1. The maximum absolute atomic E-state index is 13.8. The number of carbonyl (C=O) groups is 1. The molecule has 42 heavy (non-hydrogen) atoms. The van der Waals surface area contributed by atoms with Gasteiger partial charge in [-0.05, 0) is 85.2 Å². The number of cyclic esters (lactones) is 1. The molecule has 2 aromatic rings. The first-order valence-electron chi connectivity index (χ1n) is 13.0. The van der Waals surface area contributed by atoms with Crippen molar-refractivity contribution in [3.05, 3.63) is 81.4 Å². The second-order valence-electron chi connectivity index (χ2n) is 10.7. The predicted molar refractivity (Wildman–Crippen MR) is 135 cm³/mol. The monoisotopic (exact) mass is 623 g/mol. The summed E-state index contributed by atoms with van der Waals surface area (Å²) in [4.78, 5) is 14.4. The molecule has 2 fully saturated rings. The molecule has 4 atom stereocenters. The quantitative estimate of drug-likeness (QED) is 0.319. The molecule has 1 aliphatic carbocycles. The lowest BCUT2D eigenvalue weighted by Crippen LogP contribution is -2.45. The number of hydrogen-bond donors (Lipinski definition) is 0. The van der Waals surface area contributed by atoms with Crippen molar-refractivity contribution < 1.29 is 49.0 Å². The first-order valence-corrected chi connectivity index (χ1v) is 13.4. The Balaban J connectivity index is 1.57. The second-order valence-corrected chi connectivity index (χ2v) is 11.1. The zero-order valence-corrected chi connectivity index (χ0v) is 22.6. The average molecular weight is 624 g/mol. The molecule has 2 heterocycles. The lowest BCUT2D eigenvalue weighted by atomic mass is 9.79. The Morgan fingerprint density at radius 2 is 1.60 bits per heavy atom. The van der Waals surface area contributed by atoms with Gasteiger partial charge in [0.25, 0.3) is 0 Å². The van der Waals surface area contributed by atoms with Crippen molar-refractivity contribution in [2.45, 2.75) is 69.3 Å². The van der Waals surface area contributed by atoms with Gasteiger partial charge in [0.2, 0.25) is 0 Å². The van der Waals surface area contributed by atoms with Gasteiger partial charge in [-0.1, -0.05) is 29.8 Å². The largest absolute Gasteiger partial charge is 0.443 e. The zero-order chi connectivity index (χ0) is 30.8. The fourth-order valence-corrected chi connectivity index (χ4v) is 6.29. The van der Waals surface area contributed by atoms with E-state index in [0.717, 1.165) is 12.1 Å². The van der Waals surface area contributed by atoms with E-state index in [4.69, 9.17) is 16.3 Å². The summed E-state index contributed by atoms with van der Waals surface area (Å²) in [6, 6.07) is 6.04. The maximum atomic E-state index is 13.8. The van der Waals surface area contributed by atoms with Gasteiger partial charge in [-0.2, -0.15) is 39.5 Å². The minimum Gasteiger partial charge on any atom is -0.443 e. The maximum Gasteiger partial charge on any atom is 0.416 e. The van der Waals surface area contributed by atoms with Gasteiger partial charge in [-0.3, -0.25) is 4.90 Å². The molecule has 1 amide bonds. The molecule has 2 aliphatic heterocycles. The summed E-state index contributed by atoms with van der Waals surface area (Å²) in [6.45, 7) is 1.73. The standard InChI is InChI=1S/C29H23ClF9NO2/c1-14-5-7-19(30)13-21(14)20-8-6-16(27(31,32)33)12-22(20)23-3-2-4-24-25(42-26(41)40(23)24)15-9-17(28(34,35)36)11-18(10-15)29(37,38)39/h5-9,11-13,15,23-25H,2-4,10H2,1H3. The zero-order valence-electron chi connectivity index (χ0n) is 21.8. The van der Waals surface area contributed by atoms with Gasteiger partial charge in [0.1, 0.15) is 6.10 Å². The summed E-state index contributed by atoms with van der Waals surface area (Å²) in [5.41, 5.74) is -2.18. The molecule has 4 unspecified atom stereocenters. The normalized spacial score (nSPS) is 25.1. The molecular weight excluding hydrogens is 601 g/mol. The number of rotatable bonds is 3. The summed E-state index contributed by atoms with van der Waals surface area (Å²) >= 11 is 6.18. The van der Waals surface area contributed by atoms with Crippen molar-refractivity contribution in [1.82, 2.24) is 4.90 Å². The highest BCUT2D eigenvalue weighted by atomic mass is 35.5. The van der Waals surface area contributed by atoms with E-state index in [1.807, 2.05) is 0 Å². The van der Waals surface area contributed by atoms with Gasteiger partial charge >= 0.3 is 24.6 Å². The molecule has 2 aromatic carbocycles. The third-order valence-corrected chi connectivity index (χ3v) is 8.25. The molecule has 5 rings (SSSR count). The van der Waals surface area contributed by atoms with Crippen LogP contribution < -0.4 is 0 Å². The third kappa shape index (κ3) is 5.74. The van der Waals surface area contributed by atoms with E-state index in [1.54, 1.807) is 25.1 Å². The molecule has 0 bridgehead atoms. The molecule has 0 radical (unpaired) electrons. The van der Waals surface area contributed by atoms with Gasteiger partial charge in [-0.15, -0.1) is 0 Å². The Bertz CT molecular complexity index is 1460. The molecule has 3 nitrogen and oxygen atoms in total. The summed E-state index contributed by atoms with van der Waals surface area (Å²) in [6.07, 6.45) is -16.6. The second kappa shape index (κ2) is 10.5. The van der Waals surface area contributed by atoms with Crippen LogP contribution >= 0.6 is 11.6 Å². The number of alkyl halides is 9. The van der Waals surface area contributed by atoms with Crippen LogP contribution in [0, 0.1) is 12.8 Å². The van der Waals surface area contributed by atoms with E-state index in [9.17, 15) is 44.3 Å². The van der Waals surface area contributed by atoms with Crippen LogP contribution in [0.5, 0.6) is 0 Å². The van der Waals surface area contributed by atoms with Crippen LogP contribution in [0.4, 0.5) is 44.3 Å². The van der Waals surface area contributed by atoms with Gasteiger partial charge in [0, 0.05) is 16.5 Å². The molecule has 13 heteroatoms. The predicted octanol–water partition coefficient (Wildman–Crippen LogP) is 9.75. The molecule has 0 N–H and O–H groups in total. The molecule has 0 saturated carbocycles. The third-order valence-electron chi connectivity index (χ3n) is 8.02. The lowest BCUT2D eigenvalue weighted by molar-refractivity contribution is -0.137. The highest BCUT2D eigenvalue weighted by Crippen LogP contribution is 2.49. The highest BCUT2D eigenvalue weighted by Gasteiger charge is 2.53. The van der Waals surface area contributed by atoms with E-state index in [0.29, 0.717) is 34.2 Å². The molecule has 2 saturated heterocycles. The number of ether oxygens (including phenoxy) is 1. The van der Waals surface area contributed by atoms with Gasteiger partial charge in [-0.25, -0.2) is 4.79 Å². The first-order chi connectivity index (χ1) is 19.4.